The third kappa shape index (κ3) is 4.27. The van der Waals surface area contributed by atoms with E-state index in [-0.39, 0.29) is 5.91 Å². The van der Waals surface area contributed by atoms with Gasteiger partial charge >= 0.3 is 0 Å². The molecule has 5 heteroatoms. The van der Waals surface area contributed by atoms with Gasteiger partial charge in [0.05, 0.1) is 28.9 Å². The zero-order valence-electron chi connectivity index (χ0n) is 19.3. The van der Waals surface area contributed by atoms with Crippen molar-refractivity contribution in [2.45, 2.75) is 26.8 Å². The SMILES string of the molecule is CCOc1ccc2ccccc2c1C(=O)N(Cc1ccccc1)c1nc2ccc(CC)cc2s1. The van der Waals surface area contributed by atoms with Gasteiger partial charge in [-0.2, -0.15) is 0 Å². The molecule has 1 amide bonds. The summed E-state index contributed by atoms with van der Waals surface area (Å²) in [5, 5.41) is 2.57. The summed E-state index contributed by atoms with van der Waals surface area (Å²) in [6.07, 6.45) is 0.962. The number of carbonyl (C=O) groups is 1. The number of aryl methyl sites for hydroxylation is 1. The second-order valence-electron chi connectivity index (χ2n) is 8.12. The number of hydrogen-bond acceptors (Lipinski definition) is 4. The smallest absolute Gasteiger partial charge is 0.264 e. The lowest BCUT2D eigenvalue weighted by molar-refractivity contribution is 0.0983. The lowest BCUT2D eigenvalue weighted by Crippen LogP contribution is -2.31. The van der Waals surface area contributed by atoms with Gasteiger partial charge in [0.25, 0.3) is 5.91 Å². The molecule has 1 heterocycles. The Morgan fingerprint density at radius 2 is 1.71 bits per heavy atom. The summed E-state index contributed by atoms with van der Waals surface area (Å²) in [5.74, 6) is 0.484. The molecule has 0 spiro atoms. The predicted octanol–water partition coefficient (Wildman–Crippen LogP) is 7.26. The Balaban J connectivity index is 1.67. The summed E-state index contributed by atoms with van der Waals surface area (Å²) < 4.78 is 7.01. The number of fused-ring (bicyclic) bond motifs is 2. The summed E-state index contributed by atoms with van der Waals surface area (Å²) >= 11 is 1.55. The minimum absolute atomic E-state index is 0.112. The fourth-order valence-electron chi connectivity index (χ4n) is 4.17. The molecule has 0 bridgehead atoms. The van der Waals surface area contributed by atoms with Crippen molar-refractivity contribution in [1.82, 2.24) is 4.98 Å². The largest absolute Gasteiger partial charge is 0.493 e. The average Bonchev–Trinajstić information content (AvgIpc) is 3.30. The molecule has 0 radical (unpaired) electrons. The molecule has 0 fully saturated rings. The van der Waals surface area contributed by atoms with E-state index in [0.29, 0.717) is 29.6 Å². The molecular weight excluding hydrogens is 440 g/mol. The minimum Gasteiger partial charge on any atom is -0.493 e. The van der Waals surface area contributed by atoms with Crippen molar-refractivity contribution in [1.29, 1.82) is 0 Å². The molecule has 5 rings (SSSR count). The van der Waals surface area contributed by atoms with Crippen molar-refractivity contribution in [3.8, 4) is 5.75 Å². The van der Waals surface area contributed by atoms with E-state index >= 15 is 0 Å². The Kier molecular flexibility index (Phi) is 6.28. The minimum atomic E-state index is -0.112. The van der Waals surface area contributed by atoms with Crippen LogP contribution in [-0.2, 0) is 13.0 Å². The Hall–Kier alpha value is -3.70. The van der Waals surface area contributed by atoms with Crippen LogP contribution in [0.15, 0.2) is 84.9 Å². The fourth-order valence-corrected chi connectivity index (χ4v) is 5.19. The lowest BCUT2D eigenvalue weighted by atomic mass is 10.0. The molecule has 0 atom stereocenters. The second kappa shape index (κ2) is 9.65. The first kappa shape index (κ1) is 22.1. The zero-order chi connectivity index (χ0) is 23.5. The van der Waals surface area contributed by atoms with Gasteiger partial charge in [0.2, 0.25) is 0 Å². The van der Waals surface area contributed by atoms with Crippen LogP contribution in [0, 0.1) is 0 Å². The van der Waals surface area contributed by atoms with Gasteiger partial charge in [-0.1, -0.05) is 85.0 Å². The quantitative estimate of drug-likeness (QED) is 0.253. The van der Waals surface area contributed by atoms with Crippen molar-refractivity contribution in [3.63, 3.8) is 0 Å². The van der Waals surface area contributed by atoms with Crippen molar-refractivity contribution >= 4 is 43.4 Å². The number of thiazole rings is 1. The molecular formula is C29H26N2O2S. The normalized spacial score (nSPS) is 11.1. The van der Waals surface area contributed by atoms with E-state index in [2.05, 4.69) is 19.1 Å². The van der Waals surface area contributed by atoms with E-state index in [4.69, 9.17) is 9.72 Å². The Morgan fingerprint density at radius 1 is 0.912 bits per heavy atom. The van der Waals surface area contributed by atoms with E-state index in [1.54, 1.807) is 16.2 Å². The van der Waals surface area contributed by atoms with Crippen molar-refractivity contribution in [2.75, 3.05) is 11.5 Å². The number of anilines is 1. The lowest BCUT2D eigenvalue weighted by Gasteiger charge is -2.22. The molecule has 0 saturated heterocycles. The number of rotatable bonds is 7. The van der Waals surface area contributed by atoms with Gasteiger partial charge in [0.15, 0.2) is 5.13 Å². The molecule has 4 aromatic carbocycles. The molecule has 34 heavy (non-hydrogen) atoms. The maximum Gasteiger partial charge on any atom is 0.264 e. The highest BCUT2D eigenvalue weighted by Crippen LogP contribution is 2.35. The number of carbonyl (C=O) groups excluding carboxylic acids is 1. The van der Waals surface area contributed by atoms with E-state index in [0.717, 1.165) is 33.0 Å². The summed E-state index contributed by atoms with van der Waals surface area (Å²) in [6.45, 7) is 4.99. The molecule has 5 aromatic rings. The molecule has 4 nitrogen and oxygen atoms in total. The van der Waals surface area contributed by atoms with E-state index in [9.17, 15) is 4.79 Å². The number of hydrogen-bond donors (Lipinski definition) is 0. The van der Waals surface area contributed by atoms with E-state index < -0.39 is 0 Å². The van der Waals surface area contributed by atoms with Gasteiger partial charge in [-0.15, -0.1) is 0 Å². The van der Waals surface area contributed by atoms with Crippen LogP contribution in [0.4, 0.5) is 5.13 Å². The molecule has 0 unspecified atom stereocenters. The number of amides is 1. The van der Waals surface area contributed by atoms with Crippen LogP contribution in [0.2, 0.25) is 0 Å². The maximum absolute atomic E-state index is 14.3. The Bertz CT molecular complexity index is 1460. The van der Waals surface area contributed by atoms with Crippen LogP contribution in [0.25, 0.3) is 21.0 Å². The molecule has 0 aliphatic carbocycles. The highest BCUT2D eigenvalue weighted by Gasteiger charge is 2.26. The van der Waals surface area contributed by atoms with Gasteiger partial charge in [-0.05, 0) is 53.4 Å². The topological polar surface area (TPSA) is 42.4 Å². The van der Waals surface area contributed by atoms with Crippen LogP contribution in [0.1, 0.15) is 35.3 Å². The van der Waals surface area contributed by atoms with Gasteiger partial charge in [0, 0.05) is 0 Å². The van der Waals surface area contributed by atoms with Crippen LogP contribution in [0.5, 0.6) is 5.75 Å². The molecule has 0 aliphatic rings. The number of nitrogens with zero attached hydrogens (tertiary/aromatic N) is 2. The van der Waals surface area contributed by atoms with Crippen molar-refractivity contribution in [2.24, 2.45) is 0 Å². The van der Waals surface area contributed by atoms with Crippen LogP contribution >= 0.6 is 11.3 Å². The van der Waals surface area contributed by atoms with E-state index in [1.165, 1.54) is 5.56 Å². The second-order valence-corrected chi connectivity index (χ2v) is 9.13. The molecule has 170 valence electrons. The average molecular weight is 467 g/mol. The zero-order valence-corrected chi connectivity index (χ0v) is 20.1. The van der Waals surface area contributed by atoms with E-state index in [1.807, 2.05) is 79.7 Å². The van der Waals surface area contributed by atoms with Crippen LogP contribution < -0.4 is 9.64 Å². The number of aromatic nitrogens is 1. The fraction of sp³-hybridized carbons (Fsp3) is 0.172. The van der Waals surface area contributed by atoms with Gasteiger partial charge < -0.3 is 4.74 Å². The first-order valence-electron chi connectivity index (χ1n) is 11.6. The monoisotopic (exact) mass is 466 g/mol. The highest BCUT2D eigenvalue weighted by atomic mass is 32.1. The highest BCUT2D eigenvalue weighted by molar-refractivity contribution is 7.22. The molecule has 0 saturated carbocycles. The Labute approximate surface area is 203 Å². The third-order valence-electron chi connectivity index (χ3n) is 5.91. The standard InChI is InChI=1S/C29H26N2O2S/c1-3-20-14-16-24-26(18-20)34-29(30-24)31(19-21-10-6-5-7-11-21)28(32)27-23-13-9-8-12-22(23)15-17-25(27)33-4-2/h5-18H,3-4,19H2,1-2H3. The Morgan fingerprint density at radius 3 is 2.50 bits per heavy atom. The van der Waals surface area contributed by atoms with Crippen molar-refractivity contribution < 1.29 is 9.53 Å². The summed E-state index contributed by atoms with van der Waals surface area (Å²) in [6, 6.07) is 28.2. The predicted molar refractivity (Wildman–Crippen MR) is 141 cm³/mol. The summed E-state index contributed by atoms with van der Waals surface area (Å²) in [4.78, 5) is 20.9. The molecule has 0 N–H and O–H groups in total. The first-order valence-corrected chi connectivity index (χ1v) is 12.4. The maximum atomic E-state index is 14.3. The third-order valence-corrected chi connectivity index (χ3v) is 6.96. The number of benzene rings is 4. The van der Waals surface area contributed by atoms with Gasteiger partial charge in [0.1, 0.15) is 5.75 Å². The van der Waals surface area contributed by atoms with Crippen molar-refractivity contribution in [3.05, 3.63) is 102 Å². The molecule has 1 aromatic heterocycles. The summed E-state index contributed by atoms with van der Waals surface area (Å²) in [7, 11) is 0. The number of ether oxygens (including phenoxy) is 1. The molecule has 0 aliphatic heterocycles. The van der Waals surface area contributed by atoms with Gasteiger partial charge in [-0.25, -0.2) is 4.98 Å². The van der Waals surface area contributed by atoms with Crippen LogP contribution in [-0.4, -0.2) is 17.5 Å². The van der Waals surface area contributed by atoms with Crippen LogP contribution in [0.3, 0.4) is 0 Å². The first-order chi connectivity index (χ1) is 16.7. The summed E-state index contributed by atoms with van der Waals surface area (Å²) in [5.41, 5.74) is 3.79. The van der Waals surface area contributed by atoms with Gasteiger partial charge in [-0.3, -0.25) is 9.69 Å².